The lowest BCUT2D eigenvalue weighted by molar-refractivity contribution is -0.132. The normalized spacial score (nSPS) is 15.8. The van der Waals surface area contributed by atoms with Gasteiger partial charge in [-0.1, -0.05) is 24.3 Å². The molecular formula is C26H28N4O3. The first-order valence-corrected chi connectivity index (χ1v) is 11.2. The second kappa shape index (κ2) is 10.3. The molecule has 0 saturated carbocycles. The van der Waals surface area contributed by atoms with Gasteiger partial charge in [-0.2, -0.15) is 0 Å². The summed E-state index contributed by atoms with van der Waals surface area (Å²) >= 11 is 0. The number of likely N-dealkylation sites (tertiary alicyclic amines) is 1. The van der Waals surface area contributed by atoms with Crippen LogP contribution in [0.2, 0.25) is 0 Å². The van der Waals surface area contributed by atoms with E-state index in [4.69, 9.17) is 10.5 Å². The van der Waals surface area contributed by atoms with Gasteiger partial charge in [0.1, 0.15) is 5.75 Å². The van der Waals surface area contributed by atoms with Crippen LogP contribution < -0.4 is 10.5 Å². The number of piperidine rings is 1. The summed E-state index contributed by atoms with van der Waals surface area (Å²) in [5.41, 5.74) is 9.39. The van der Waals surface area contributed by atoms with Gasteiger partial charge >= 0.3 is 0 Å². The molecule has 0 bridgehead atoms. The maximum Gasteiger partial charge on any atom is 0.248 e. The Labute approximate surface area is 193 Å². The number of rotatable bonds is 7. The fourth-order valence-electron chi connectivity index (χ4n) is 4.32. The highest BCUT2D eigenvalue weighted by Crippen LogP contribution is 2.32. The molecule has 1 atom stereocenters. The van der Waals surface area contributed by atoms with E-state index in [2.05, 4.69) is 9.97 Å². The first-order chi connectivity index (χ1) is 16.0. The molecule has 1 fully saturated rings. The Morgan fingerprint density at radius 3 is 2.67 bits per heavy atom. The first kappa shape index (κ1) is 22.5. The number of methoxy groups -OCH3 is 1. The van der Waals surface area contributed by atoms with E-state index in [0.29, 0.717) is 24.9 Å². The summed E-state index contributed by atoms with van der Waals surface area (Å²) in [6.45, 7) is 1.37. The van der Waals surface area contributed by atoms with Crippen LogP contribution >= 0.6 is 0 Å². The summed E-state index contributed by atoms with van der Waals surface area (Å²) in [6, 6.07) is 15.0. The molecule has 1 aliphatic heterocycles. The molecule has 0 spiro atoms. The molecule has 0 aliphatic carbocycles. The number of aromatic nitrogens is 2. The van der Waals surface area contributed by atoms with Crippen molar-refractivity contribution in [3.8, 4) is 17.0 Å². The van der Waals surface area contributed by atoms with Crippen molar-refractivity contribution in [2.45, 2.75) is 31.6 Å². The third kappa shape index (κ3) is 5.37. The maximum absolute atomic E-state index is 13.0. The Balaban J connectivity index is 1.47. The molecule has 2 amide bonds. The SMILES string of the molecule is COc1ccc(CCC(=O)N2CCC[C@H](c3nccnc3-c3cccc(C(N)=O)c3)C2)cc1. The topological polar surface area (TPSA) is 98.4 Å². The Bertz CT molecular complexity index is 1130. The van der Waals surface area contributed by atoms with E-state index in [1.165, 1.54) is 0 Å². The van der Waals surface area contributed by atoms with E-state index < -0.39 is 5.91 Å². The number of amides is 2. The molecule has 4 rings (SSSR count). The molecule has 0 radical (unpaired) electrons. The number of ether oxygens (including phenoxy) is 1. The molecule has 3 aromatic rings. The van der Waals surface area contributed by atoms with E-state index in [9.17, 15) is 9.59 Å². The van der Waals surface area contributed by atoms with Crippen molar-refractivity contribution in [3.05, 3.63) is 77.7 Å². The summed E-state index contributed by atoms with van der Waals surface area (Å²) in [6.07, 6.45) is 6.34. The smallest absolute Gasteiger partial charge is 0.248 e. The predicted octanol–water partition coefficient (Wildman–Crippen LogP) is 3.59. The molecule has 7 nitrogen and oxygen atoms in total. The Kier molecular flexibility index (Phi) is 6.98. The van der Waals surface area contributed by atoms with Gasteiger partial charge in [0.25, 0.3) is 0 Å². The fourth-order valence-corrected chi connectivity index (χ4v) is 4.32. The number of primary amides is 1. The van der Waals surface area contributed by atoms with E-state index in [1.54, 1.807) is 37.7 Å². The fraction of sp³-hybridized carbons (Fsp3) is 0.308. The molecular weight excluding hydrogens is 416 g/mol. The van der Waals surface area contributed by atoms with Crippen LogP contribution in [0.4, 0.5) is 0 Å². The van der Waals surface area contributed by atoms with E-state index >= 15 is 0 Å². The first-order valence-electron chi connectivity index (χ1n) is 11.2. The number of aryl methyl sites for hydroxylation is 1. The second-order valence-electron chi connectivity index (χ2n) is 8.26. The summed E-state index contributed by atoms with van der Waals surface area (Å²) in [4.78, 5) is 35.7. The maximum atomic E-state index is 13.0. The van der Waals surface area contributed by atoms with Crippen molar-refractivity contribution < 1.29 is 14.3 Å². The standard InChI is InChI=1S/C26H28N4O3/c1-33-22-10-7-18(8-11-22)9-12-23(31)30-15-3-6-21(17-30)25-24(28-13-14-29-25)19-4-2-5-20(16-19)26(27)32/h2,4-5,7-8,10-11,13-14,16,21H,3,6,9,12,15,17H2,1H3,(H2,27,32)/t21-/m0/s1. The Morgan fingerprint density at radius 2 is 1.91 bits per heavy atom. The van der Waals surface area contributed by atoms with Gasteiger partial charge in [0.15, 0.2) is 0 Å². The van der Waals surface area contributed by atoms with Crippen LogP contribution in [0.25, 0.3) is 11.3 Å². The van der Waals surface area contributed by atoms with Crippen LogP contribution in [0.1, 0.15) is 46.8 Å². The minimum atomic E-state index is -0.478. The van der Waals surface area contributed by atoms with Crippen LogP contribution in [0.3, 0.4) is 0 Å². The molecule has 1 aliphatic rings. The molecule has 0 unspecified atom stereocenters. The highest BCUT2D eigenvalue weighted by atomic mass is 16.5. The summed E-state index contributed by atoms with van der Waals surface area (Å²) < 4.78 is 5.19. The van der Waals surface area contributed by atoms with Gasteiger partial charge in [-0.15, -0.1) is 0 Å². The van der Waals surface area contributed by atoms with E-state index in [-0.39, 0.29) is 11.8 Å². The molecule has 1 saturated heterocycles. The summed E-state index contributed by atoms with van der Waals surface area (Å²) in [5, 5.41) is 0. The lowest BCUT2D eigenvalue weighted by atomic mass is 9.91. The van der Waals surface area contributed by atoms with Gasteiger partial charge in [-0.05, 0) is 49.1 Å². The summed E-state index contributed by atoms with van der Waals surface area (Å²) in [7, 11) is 1.64. The predicted molar refractivity (Wildman–Crippen MR) is 126 cm³/mol. The van der Waals surface area contributed by atoms with Crippen LogP contribution in [-0.2, 0) is 11.2 Å². The lowest BCUT2D eigenvalue weighted by Crippen LogP contribution is -2.39. The molecule has 33 heavy (non-hydrogen) atoms. The largest absolute Gasteiger partial charge is 0.497 e. The monoisotopic (exact) mass is 444 g/mol. The van der Waals surface area contributed by atoms with Crippen molar-refractivity contribution in [1.82, 2.24) is 14.9 Å². The number of nitrogens with two attached hydrogens (primary N) is 1. The number of hydrogen-bond donors (Lipinski definition) is 1. The number of hydrogen-bond acceptors (Lipinski definition) is 5. The quantitative estimate of drug-likeness (QED) is 0.600. The van der Waals surface area contributed by atoms with Crippen molar-refractivity contribution in [2.75, 3.05) is 20.2 Å². The van der Waals surface area contributed by atoms with Crippen LogP contribution in [0.15, 0.2) is 60.9 Å². The highest BCUT2D eigenvalue weighted by molar-refractivity contribution is 5.94. The minimum Gasteiger partial charge on any atom is -0.497 e. The number of nitrogens with zero attached hydrogens (tertiary/aromatic N) is 3. The minimum absolute atomic E-state index is 0.0876. The number of carbonyl (C=O) groups excluding carboxylic acids is 2. The lowest BCUT2D eigenvalue weighted by Gasteiger charge is -2.33. The number of benzene rings is 2. The molecule has 170 valence electrons. The van der Waals surface area contributed by atoms with Crippen LogP contribution in [0, 0.1) is 0 Å². The van der Waals surface area contributed by atoms with Gasteiger partial charge < -0.3 is 15.4 Å². The van der Waals surface area contributed by atoms with Crippen molar-refractivity contribution in [2.24, 2.45) is 5.73 Å². The van der Waals surface area contributed by atoms with Crippen molar-refractivity contribution in [1.29, 1.82) is 0 Å². The zero-order chi connectivity index (χ0) is 23.2. The zero-order valence-electron chi connectivity index (χ0n) is 18.7. The Morgan fingerprint density at radius 1 is 1.12 bits per heavy atom. The van der Waals surface area contributed by atoms with Gasteiger partial charge in [0.2, 0.25) is 11.8 Å². The van der Waals surface area contributed by atoms with Gasteiger partial charge in [0.05, 0.1) is 18.5 Å². The van der Waals surface area contributed by atoms with Gasteiger partial charge in [-0.3, -0.25) is 19.6 Å². The summed E-state index contributed by atoms with van der Waals surface area (Å²) in [5.74, 6) is 0.569. The second-order valence-corrected chi connectivity index (χ2v) is 8.26. The molecule has 2 N–H and O–H groups in total. The Hall–Kier alpha value is -3.74. The molecule has 2 heterocycles. The van der Waals surface area contributed by atoms with Crippen molar-refractivity contribution >= 4 is 11.8 Å². The zero-order valence-corrected chi connectivity index (χ0v) is 18.7. The van der Waals surface area contributed by atoms with E-state index in [1.807, 2.05) is 35.2 Å². The molecule has 7 heteroatoms. The van der Waals surface area contributed by atoms with E-state index in [0.717, 1.165) is 47.7 Å². The third-order valence-electron chi connectivity index (χ3n) is 6.09. The van der Waals surface area contributed by atoms with Crippen LogP contribution in [0.5, 0.6) is 5.75 Å². The highest BCUT2D eigenvalue weighted by Gasteiger charge is 2.28. The average Bonchev–Trinajstić information content (AvgIpc) is 2.87. The molecule has 1 aromatic heterocycles. The third-order valence-corrected chi connectivity index (χ3v) is 6.09. The number of carbonyl (C=O) groups is 2. The van der Waals surface area contributed by atoms with Gasteiger partial charge in [-0.25, -0.2) is 0 Å². The van der Waals surface area contributed by atoms with Crippen molar-refractivity contribution in [3.63, 3.8) is 0 Å². The molecule has 2 aromatic carbocycles. The van der Waals surface area contributed by atoms with Crippen LogP contribution in [-0.4, -0.2) is 46.9 Å². The average molecular weight is 445 g/mol. The van der Waals surface area contributed by atoms with Gasteiger partial charge in [0, 0.05) is 48.9 Å².